The first-order valence-electron chi connectivity index (χ1n) is 7.92. The molecule has 134 valence electrons. The van der Waals surface area contributed by atoms with Crippen LogP contribution < -0.4 is 5.32 Å². The molecule has 0 atom stereocenters. The van der Waals surface area contributed by atoms with Gasteiger partial charge < -0.3 is 10.2 Å². The highest BCUT2D eigenvalue weighted by Crippen LogP contribution is 2.07. The van der Waals surface area contributed by atoms with Gasteiger partial charge in [-0.3, -0.25) is 14.5 Å². The molecule has 0 bridgehead atoms. The number of carbonyl (C=O) groups excluding carboxylic acids is 2. The minimum absolute atomic E-state index is 0.0438. The van der Waals surface area contributed by atoms with Crippen LogP contribution in [0.15, 0.2) is 0 Å². The van der Waals surface area contributed by atoms with E-state index in [4.69, 9.17) is 0 Å². The zero-order valence-corrected chi connectivity index (χ0v) is 15.1. The van der Waals surface area contributed by atoms with Gasteiger partial charge in [0.25, 0.3) is 0 Å². The summed E-state index contributed by atoms with van der Waals surface area (Å²) in [5.41, 5.74) is 0. The number of hydrogen-bond acceptors (Lipinski definition) is 5. The molecule has 2 amide bonds. The van der Waals surface area contributed by atoms with E-state index in [1.165, 1.54) is 15.5 Å². The molecule has 0 unspecified atom stereocenters. The van der Waals surface area contributed by atoms with E-state index in [-0.39, 0.29) is 24.9 Å². The van der Waals surface area contributed by atoms with Gasteiger partial charge in [0.05, 0.1) is 19.3 Å². The van der Waals surface area contributed by atoms with E-state index >= 15 is 0 Å². The van der Waals surface area contributed by atoms with Gasteiger partial charge in [-0.05, 0) is 19.4 Å². The number of nitrogens with one attached hydrogen (secondary N) is 1. The number of carbonyl (C=O) groups is 2. The zero-order valence-electron chi connectivity index (χ0n) is 14.2. The number of rotatable bonds is 7. The second-order valence-corrected chi connectivity index (χ2v) is 7.87. The highest BCUT2D eigenvalue weighted by atomic mass is 32.2. The SMILES string of the molecule is CCCNC(=O)CN(C)C(=O)CN1CCCN(S(C)(=O)=O)CC1. The van der Waals surface area contributed by atoms with Gasteiger partial charge in [-0.25, -0.2) is 12.7 Å². The highest BCUT2D eigenvalue weighted by Gasteiger charge is 2.23. The summed E-state index contributed by atoms with van der Waals surface area (Å²) in [6.45, 7) is 4.90. The molecule has 8 nitrogen and oxygen atoms in total. The molecule has 0 aliphatic carbocycles. The first-order chi connectivity index (χ1) is 10.7. The molecule has 1 N–H and O–H groups in total. The quantitative estimate of drug-likeness (QED) is 0.633. The minimum Gasteiger partial charge on any atom is -0.355 e. The Kier molecular flexibility index (Phi) is 7.93. The van der Waals surface area contributed by atoms with Crippen LogP contribution in [0.4, 0.5) is 0 Å². The predicted octanol–water partition coefficient (Wildman–Crippen LogP) is -1.06. The maximum atomic E-state index is 12.2. The zero-order chi connectivity index (χ0) is 17.5. The maximum absolute atomic E-state index is 12.2. The van der Waals surface area contributed by atoms with Crippen molar-refractivity contribution in [1.82, 2.24) is 19.4 Å². The lowest BCUT2D eigenvalue weighted by molar-refractivity contribution is -0.135. The van der Waals surface area contributed by atoms with Crippen LogP contribution in [0, 0.1) is 0 Å². The van der Waals surface area contributed by atoms with Gasteiger partial charge in [0, 0.05) is 33.2 Å². The molecule has 1 aliphatic rings. The van der Waals surface area contributed by atoms with E-state index in [0.29, 0.717) is 39.1 Å². The molecule has 23 heavy (non-hydrogen) atoms. The number of nitrogens with zero attached hydrogens (tertiary/aromatic N) is 3. The molecule has 0 aromatic heterocycles. The Labute approximate surface area is 138 Å². The third-order valence-corrected chi connectivity index (χ3v) is 5.06. The largest absolute Gasteiger partial charge is 0.355 e. The number of amides is 2. The number of sulfonamides is 1. The van der Waals surface area contributed by atoms with E-state index in [9.17, 15) is 18.0 Å². The monoisotopic (exact) mass is 348 g/mol. The van der Waals surface area contributed by atoms with Crippen LogP contribution in [0.2, 0.25) is 0 Å². The van der Waals surface area contributed by atoms with Crippen LogP contribution >= 0.6 is 0 Å². The molecular formula is C14H28N4O4S. The lowest BCUT2D eigenvalue weighted by Crippen LogP contribution is -2.44. The molecule has 0 aromatic carbocycles. The number of likely N-dealkylation sites (N-methyl/N-ethyl adjacent to an activating group) is 1. The van der Waals surface area contributed by atoms with Crippen molar-refractivity contribution < 1.29 is 18.0 Å². The smallest absolute Gasteiger partial charge is 0.239 e. The molecule has 0 saturated carbocycles. The van der Waals surface area contributed by atoms with Crippen LogP contribution in [-0.4, -0.2) is 93.5 Å². The van der Waals surface area contributed by atoms with Crippen LogP contribution in [-0.2, 0) is 19.6 Å². The topological polar surface area (TPSA) is 90.0 Å². The van der Waals surface area contributed by atoms with Crippen LogP contribution in [0.25, 0.3) is 0 Å². The Morgan fingerprint density at radius 2 is 1.87 bits per heavy atom. The summed E-state index contributed by atoms with van der Waals surface area (Å²) < 4.78 is 24.6. The van der Waals surface area contributed by atoms with Crippen molar-refractivity contribution in [3.63, 3.8) is 0 Å². The van der Waals surface area contributed by atoms with E-state index in [1.54, 1.807) is 7.05 Å². The highest BCUT2D eigenvalue weighted by molar-refractivity contribution is 7.88. The van der Waals surface area contributed by atoms with Gasteiger partial charge >= 0.3 is 0 Å². The average Bonchev–Trinajstić information content (AvgIpc) is 2.70. The summed E-state index contributed by atoms with van der Waals surface area (Å²) in [6.07, 6.45) is 2.76. The van der Waals surface area contributed by atoms with E-state index in [0.717, 1.165) is 6.42 Å². The Balaban J connectivity index is 2.43. The first kappa shape index (κ1) is 19.9. The summed E-state index contributed by atoms with van der Waals surface area (Å²) in [5.74, 6) is -0.300. The van der Waals surface area contributed by atoms with Crippen LogP contribution in [0.1, 0.15) is 19.8 Å². The lowest BCUT2D eigenvalue weighted by Gasteiger charge is -2.23. The van der Waals surface area contributed by atoms with Crippen LogP contribution in [0.3, 0.4) is 0 Å². The summed E-state index contributed by atoms with van der Waals surface area (Å²) in [7, 11) is -1.58. The molecule has 0 aromatic rings. The van der Waals surface area contributed by atoms with Crippen molar-refractivity contribution in [2.75, 3.05) is 59.1 Å². The molecule has 1 saturated heterocycles. The molecule has 1 heterocycles. The minimum atomic E-state index is -3.18. The summed E-state index contributed by atoms with van der Waals surface area (Å²) in [5, 5.41) is 2.73. The van der Waals surface area contributed by atoms with Gasteiger partial charge in [0.15, 0.2) is 0 Å². The Morgan fingerprint density at radius 1 is 1.17 bits per heavy atom. The van der Waals surface area contributed by atoms with Crippen molar-refractivity contribution >= 4 is 21.8 Å². The molecule has 9 heteroatoms. The average molecular weight is 348 g/mol. The van der Waals surface area contributed by atoms with Crippen molar-refractivity contribution in [3.8, 4) is 0 Å². The van der Waals surface area contributed by atoms with Gasteiger partial charge in [0.2, 0.25) is 21.8 Å². The molecule has 1 aliphatic heterocycles. The van der Waals surface area contributed by atoms with Gasteiger partial charge in [-0.1, -0.05) is 6.92 Å². The molecular weight excluding hydrogens is 320 g/mol. The fourth-order valence-corrected chi connectivity index (χ4v) is 3.25. The predicted molar refractivity (Wildman–Crippen MR) is 88.4 cm³/mol. The van der Waals surface area contributed by atoms with Gasteiger partial charge in [0.1, 0.15) is 0 Å². The number of hydrogen-bond donors (Lipinski definition) is 1. The van der Waals surface area contributed by atoms with E-state index in [2.05, 4.69) is 5.32 Å². The summed E-state index contributed by atoms with van der Waals surface area (Å²) in [4.78, 5) is 27.2. The van der Waals surface area contributed by atoms with E-state index in [1.807, 2.05) is 11.8 Å². The Morgan fingerprint density at radius 3 is 2.48 bits per heavy atom. The Bertz CT molecular complexity index is 509. The summed E-state index contributed by atoms with van der Waals surface area (Å²) in [6, 6.07) is 0. The maximum Gasteiger partial charge on any atom is 0.239 e. The second kappa shape index (κ2) is 9.19. The third kappa shape index (κ3) is 7.28. The summed E-state index contributed by atoms with van der Waals surface area (Å²) >= 11 is 0. The standard InChI is InChI=1S/C14H28N4O4S/c1-4-6-15-13(19)11-16(2)14(20)12-17-7-5-8-18(10-9-17)23(3,21)22/h4-12H2,1-3H3,(H,15,19). The third-order valence-electron chi connectivity index (χ3n) is 3.75. The van der Waals surface area contributed by atoms with Crippen molar-refractivity contribution in [1.29, 1.82) is 0 Å². The van der Waals surface area contributed by atoms with Crippen LogP contribution in [0.5, 0.6) is 0 Å². The van der Waals surface area contributed by atoms with E-state index < -0.39 is 10.0 Å². The fourth-order valence-electron chi connectivity index (χ4n) is 2.37. The molecule has 1 rings (SSSR count). The lowest BCUT2D eigenvalue weighted by atomic mass is 10.3. The molecule has 0 spiro atoms. The van der Waals surface area contributed by atoms with Crippen molar-refractivity contribution in [3.05, 3.63) is 0 Å². The van der Waals surface area contributed by atoms with Crippen molar-refractivity contribution in [2.24, 2.45) is 0 Å². The van der Waals surface area contributed by atoms with Gasteiger partial charge in [-0.15, -0.1) is 0 Å². The second-order valence-electron chi connectivity index (χ2n) is 5.89. The normalized spacial score (nSPS) is 17.5. The molecule has 1 fully saturated rings. The first-order valence-corrected chi connectivity index (χ1v) is 9.77. The van der Waals surface area contributed by atoms with Gasteiger partial charge in [-0.2, -0.15) is 0 Å². The van der Waals surface area contributed by atoms with Crippen molar-refractivity contribution in [2.45, 2.75) is 19.8 Å². The fraction of sp³-hybridized carbons (Fsp3) is 0.857. The molecule has 0 radical (unpaired) electrons. The Hall–Kier alpha value is -1.19.